The second-order valence-corrected chi connectivity index (χ2v) is 5.30. The van der Waals surface area contributed by atoms with Crippen molar-refractivity contribution in [3.05, 3.63) is 24.4 Å². The molecule has 0 amide bonds. The maximum absolute atomic E-state index is 5.65. The molecule has 0 saturated carbocycles. The first-order valence-electron chi connectivity index (χ1n) is 7.42. The van der Waals surface area contributed by atoms with Crippen LogP contribution in [0.1, 0.15) is 19.8 Å². The van der Waals surface area contributed by atoms with Gasteiger partial charge in [-0.3, -0.25) is 0 Å². The number of pyridine rings is 1. The van der Waals surface area contributed by atoms with Gasteiger partial charge in [0.05, 0.1) is 0 Å². The predicted octanol–water partition coefficient (Wildman–Crippen LogP) is 1.58. The molecule has 19 heavy (non-hydrogen) atoms. The van der Waals surface area contributed by atoms with Crippen molar-refractivity contribution < 1.29 is 0 Å². The highest BCUT2D eigenvalue weighted by Gasteiger charge is 2.21. The molecule has 0 unspecified atom stereocenters. The van der Waals surface area contributed by atoms with Gasteiger partial charge in [-0.05, 0) is 37.4 Å². The zero-order valence-corrected chi connectivity index (χ0v) is 12.0. The fourth-order valence-electron chi connectivity index (χ4n) is 2.81. The molecule has 1 aliphatic heterocycles. The molecule has 1 aromatic rings. The first-order chi connectivity index (χ1) is 9.33. The molecule has 106 valence electrons. The van der Waals surface area contributed by atoms with Gasteiger partial charge in [-0.15, -0.1) is 0 Å². The second kappa shape index (κ2) is 7.46. The van der Waals surface area contributed by atoms with Crippen LogP contribution in [-0.2, 0) is 0 Å². The number of nitrogens with two attached hydrogens (primary N) is 1. The van der Waals surface area contributed by atoms with E-state index in [1.54, 1.807) is 0 Å². The predicted molar refractivity (Wildman–Crippen MR) is 80.3 cm³/mol. The van der Waals surface area contributed by atoms with Crippen molar-refractivity contribution in [1.29, 1.82) is 0 Å². The normalized spacial score (nSPS) is 17.1. The van der Waals surface area contributed by atoms with Gasteiger partial charge in [0.25, 0.3) is 0 Å². The van der Waals surface area contributed by atoms with Crippen LogP contribution < -0.4 is 10.6 Å². The van der Waals surface area contributed by atoms with Gasteiger partial charge in [0, 0.05) is 38.9 Å². The van der Waals surface area contributed by atoms with Gasteiger partial charge in [0.1, 0.15) is 5.82 Å². The molecule has 2 heterocycles. The number of nitrogens with zero attached hydrogens (tertiary/aromatic N) is 3. The van der Waals surface area contributed by atoms with E-state index < -0.39 is 0 Å². The third kappa shape index (κ3) is 4.18. The highest BCUT2D eigenvalue weighted by Crippen LogP contribution is 2.22. The molecule has 1 saturated heterocycles. The minimum atomic E-state index is 0.765. The van der Waals surface area contributed by atoms with Crippen LogP contribution in [-0.4, -0.2) is 49.2 Å². The maximum atomic E-state index is 5.65. The number of likely N-dealkylation sites (N-methyl/N-ethyl adjacent to an activating group) is 1. The zero-order valence-electron chi connectivity index (χ0n) is 12.0. The molecule has 1 fully saturated rings. The number of aromatic nitrogens is 1. The van der Waals surface area contributed by atoms with Crippen LogP contribution in [0.5, 0.6) is 0 Å². The first kappa shape index (κ1) is 14.3. The lowest BCUT2D eigenvalue weighted by Crippen LogP contribution is -2.40. The van der Waals surface area contributed by atoms with Gasteiger partial charge in [-0.1, -0.05) is 13.0 Å². The largest absolute Gasteiger partial charge is 0.357 e. The molecule has 4 nitrogen and oxygen atoms in total. The van der Waals surface area contributed by atoms with E-state index in [0.29, 0.717) is 0 Å². The summed E-state index contributed by atoms with van der Waals surface area (Å²) < 4.78 is 0. The van der Waals surface area contributed by atoms with E-state index in [9.17, 15) is 0 Å². The molecular weight excluding hydrogens is 236 g/mol. The molecule has 0 aromatic carbocycles. The molecule has 0 bridgehead atoms. The number of hydrogen-bond acceptors (Lipinski definition) is 4. The Kier molecular flexibility index (Phi) is 5.61. The third-order valence-corrected chi connectivity index (χ3v) is 4.00. The van der Waals surface area contributed by atoms with Gasteiger partial charge in [0.2, 0.25) is 0 Å². The molecule has 1 aromatic heterocycles. The van der Waals surface area contributed by atoms with Crippen molar-refractivity contribution in [2.45, 2.75) is 19.8 Å². The fourth-order valence-corrected chi connectivity index (χ4v) is 2.81. The van der Waals surface area contributed by atoms with Crippen molar-refractivity contribution >= 4 is 5.82 Å². The lowest BCUT2D eigenvalue weighted by molar-refractivity contribution is 0.224. The lowest BCUT2D eigenvalue weighted by atomic mass is 9.96. The van der Waals surface area contributed by atoms with Crippen molar-refractivity contribution in [3.63, 3.8) is 0 Å². The molecule has 1 aliphatic rings. The first-order valence-corrected chi connectivity index (χ1v) is 7.42. The van der Waals surface area contributed by atoms with Crippen LogP contribution in [0.4, 0.5) is 5.82 Å². The molecule has 0 atom stereocenters. The summed E-state index contributed by atoms with van der Waals surface area (Å²) in [6.45, 7) is 8.57. The molecular formula is C15H26N4. The Labute approximate surface area is 116 Å². The average molecular weight is 262 g/mol. The summed E-state index contributed by atoms with van der Waals surface area (Å²) in [6, 6.07) is 6.14. The summed E-state index contributed by atoms with van der Waals surface area (Å²) in [4.78, 5) is 9.30. The van der Waals surface area contributed by atoms with E-state index in [0.717, 1.165) is 44.5 Å². The average Bonchev–Trinajstić information content (AvgIpc) is 2.48. The molecule has 4 heteroatoms. The van der Waals surface area contributed by atoms with Crippen molar-refractivity contribution in [2.24, 2.45) is 11.7 Å². The third-order valence-electron chi connectivity index (χ3n) is 4.00. The summed E-state index contributed by atoms with van der Waals surface area (Å²) in [5.41, 5.74) is 5.65. The van der Waals surface area contributed by atoms with Crippen molar-refractivity contribution in [2.75, 3.05) is 44.2 Å². The van der Waals surface area contributed by atoms with Crippen LogP contribution in [0.15, 0.2) is 24.4 Å². The summed E-state index contributed by atoms with van der Waals surface area (Å²) in [7, 11) is 0. The topological polar surface area (TPSA) is 45.4 Å². The molecule has 2 N–H and O–H groups in total. The Balaban J connectivity index is 1.79. The highest BCUT2D eigenvalue weighted by atomic mass is 15.2. The standard InChI is InChI=1S/C15H26N4/c1-2-18(12-8-16)13-14-6-10-19(11-7-14)15-5-3-4-9-17-15/h3-5,9,14H,2,6-8,10-13,16H2,1H3. The van der Waals surface area contributed by atoms with E-state index in [1.165, 1.54) is 19.4 Å². The summed E-state index contributed by atoms with van der Waals surface area (Å²) in [5.74, 6) is 1.93. The SMILES string of the molecule is CCN(CCN)CC1CCN(c2ccccn2)CC1. The van der Waals surface area contributed by atoms with Crippen LogP contribution in [0, 0.1) is 5.92 Å². The Hall–Kier alpha value is -1.13. The fraction of sp³-hybridized carbons (Fsp3) is 0.667. The number of hydrogen-bond donors (Lipinski definition) is 1. The van der Waals surface area contributed by atoms with Crippen LogP contribution >= 0.6 is 0 Å². The number of rotatable bonds is 6. The van der Waals surface area contributed by atoms with E-state index in [2.05, 4.69) is 33.8 Å². The molecule has 0 radical (unpaired) electrons. The van der Waals surface area contributed by atoms with E-state index in [4.69, 9.17) is 5.73 Å². The Bertz CT molecular complexity index is 346. The van der Waals surface area contributed by atoms with Gasteiger partial charge in [0.15, 0.2) is 0 Å². The van der Waals surface area contributed by atoms with Crippen molar-refractivity contribution in [1.82, 2.24) is 9.88 Å². The summed E-state index contributed by atoms with van der Waals surface area (Å²) in [5, 5.41) is 0. The molecule has 0 aliphatic carbocycles. The minimum absolute atomic E-state index is 0.765. The van der Waals surface area contributed by atoms with E-state index in [-0.39, 0.29) is 0 Å². The van der Waals surface area contributed by atoms with Gasteiger partial charge < -0.3 is 15.5 Å². The number of piperidine rings is 1. The van der Waals surface area contributed by atoms with E-state index >= 15 is 0 Å². The van der Waals surface area contributed by atoms with Crippen LogP contribution in [0.3, 0.4) is 0 Å². The van der Waals surface area contributed by atoms with Gasteiger partial charge in [-0.2, -0.15) is 0 Å². The highest BCUT2D eigenvalue weighted by molar-refractivity contribution is 5.37. The quantitative estimate of drug-likeness (QED) is 0.845. The Morgan fingerprint density at radius 3 is 2.74 bits per heavy atom. The minimum Gasteiger partial charge on any atom is -0.357 e. The van der Waals surface area contributed by atoms with E-state index in [1.807, 2.05) is 12.3 Å². The molecule has 0 spiro atoms. The van der Waals surface area contributed by atoms with Crippen LogP contribution in [0.2, 0.25) is 0 Å². The Morgan fingerprint density at radius 2 is 2.16 bits per heavy atom. The second-order valence-electron chi connectivity index (χ2n) is 5.30. The van der Waals surface area contributed by atoms with Gasteiger partial charge >= 0.3 is 0 Å². The van der Waals surface area contributed by atoms with Crippen molar-refractivity contribution in [3.8, 4) is 0 Å². The Morgan fingerprint density at radius 1 is 1.37 bits per heavy atom. The molecule has 2 rings (SSSR count). The monoisotopic (exact) mass is 262 g/mol. The zero-order chi connectivity index (χ0) is 13.5. The van der Waals surface area contributed by atoms with Crippen LogP contribution in [0.25, 0.3) is 0 Å². The summed E-state index contributed by atoms with van der Waals surface area (Å²) >= 11 is 0. The maximum Gasteiger partial charge on any atom is 0.128 e. The smallest absolute Gasteiger partial charge is 0.128 e. The number of anilines is 1. The van der Waals surface area contributed by atoms with Gasteiger partial charge in [-0.25, -0.2) is 4.98 Å². The lowest BCUT2D eigenvalue weighted by Gasteiger charge is -2.35. The summed E-state index contributed by atoms with van der Waals surface area (Å²) in [6.07, 6.45) is 4.40.